The Kier molecular flexibility index (Phi) is 5.62. The fourth-order valence-corrected chi connectivity index (χ4v) is 5.46. The summed E-state index contributed by atoms with van der Waals surface area (Å²) in [7, 11) is 1.92. The van der Waals surface area contributed by atoms with Gasteiger partial charge in [-0.1, -0.05) is 6.07 Å². The normalized spacial score (nSPS) is 19.4. The van der Waals surface area contributed by atoms with E-state index in [1.807, 2.05) is 38.5 Å². The van der Waals surface area contributed by atoms with E-state index in [9.17, 15) is 4.79 Å². The molecule has 1 fully saturated rings. The average Bonchev–Trinajstić information content (AvgIpc) is 3.54. The Morgan fingerprint density at radius 1 is 1.17 bits per heavy atom. The summed E-state index contributed by atoms with van der Waals surface area (Å²) in [6, 6.07) is 8.37. The second-order valence-corrected chi connectivity index (χ2v) is 9.77. The largest absolute Gasteiger partial charge is 0.487 e. The van der Waals surface area contributed by atoms with Gasteiger partial charge in [0, 0.05) is 48.9 Å². The van der Waals surface area contributed by atoms with Gasteiger partial charge in [0.25, 0.3) is 5.91 Å². The summed E-state index contributed by atoms with van der Waals surface area (Å²) >= 11 is 0. The number of nitrogens with one attached hydrogen (secondary N) is 2. The van der Waals surface area contributed by atoms with E-state index in [2.05, 4.69) is 44.5 Å². The highest BCUT2D eigenvalue weighted by atomic mass is 16.5. The molecule has 0 atom stereocenters. The zero-order chi connectivity index (χ0) is 24.8. The van der Waals surface area contributed by atoms with Crippen LogP contribution in [0.25, 0.3) is 22.2 Å². The van der Waals surface area contributed by atoms with Gasteiger partial charge in [0.05, 0.1) is 23.9 Å². The van der Waals surface area contributed by atoms with Gasteiger partial charge in [-0.3, -0.25) is 14.2 Å². The number of hydrogen-bond acceptors (Lipinski definition) is 6. The molecule has 9 nitrogen and oxygen atoms in total. The second-order valence-electron chi connectivity index (χ2n) is 9.77. The molecule has 36 heavy (non-hydrogen) atoms. The lowest BCUT2D eigenvalue weighted by atomic mass is 9.93. The molecule has 2 aliphatic rings. The van der Waals surface area contributed by atoms with E-state index in [0.29, 0.717) is 6.54 Å². The van der Waals surface area contributed by atoms with E-state index >= 15 is 0 Å². The average molecular weight is 486 g/mol. The number of carbonyl (C=O) groups excluding carboxylic acids is 1. The van der Waals surface area contributed by atoms with Gasteiger partial charge in [-0.15, -0.1) is 0 Å². The van der Waals surface area contributed by atoms with Crippen molar-refractivity contribution in [2.24, 2.45) is 7.05 Å². The number of nitrogens with zero attached hydrogens (tertiary/aromatic N) is 5. The second kappa shape index (κ2) is 8.96. The van der Waals surface area contributed by atoms with Gasteiger partial charge in [0.2, 0.25) is 0 Å². The summed E-state index contributed by atoms with van der Waals surface area (Å²) in [6.07, 6.45) is 7.96. The highest BCUT2D eigenvalue weighted by Gasteiger charge is 2.28. The molecular weight excluding hydrogens is 454 g/mol. The van der Waals surface area contributed by atoms with Crippen LogP contribution in [-0.2, 0) is 13.6 Å². The molecule has 1 aliphatic heterocycles. The summed E-state index contributed by atoms with van der Waals surface area (Å²) < 4.78 is 10.3. The van der Waals surface area contributed by atoms with Crippen LogP contribution in [0.1, 0.15) is 60.3 Å². The minimum absolute atomic E-state index is 0.00987. The maximum Gasteiger partial charge on any atom is 0.251 e. The smallest absolute Gasteiger partial charge is 0.251 e. The molecule has 3 aromatic heterocycles. The van der Waals surface area contributed by atoms with Crippen molar-refractivity contribution in [3.63, 3.8) is 0 Å². The predicted molar refractivity (Wildman–Crippen MR) is 138 cm³/mol. The van der Waals surface area contributed by atoms with Gasteiger partial charge in [-0.05, 0) is 57.2 Å². The number of hydrogen-bond donors (Lipinski definition) is 2. The minimum atomic E-state index is -0.00987. The van der Waals surface area contributed by atoms with E-state index in [-0.39, 0.29) is 18.1 Å². The number of anilines is 1. The third-order valence-corrected chi connectivity index (χ3v) is 7.26. The molecule has 2 N–H and O–H groups in total. The van der Waals surface area contributed by atoms with Crippen LogP contribution in [0.2, 0.25) is 0 Å². The third kappa shape index (κ3) is 3.98. The zero-order valence-electron chi connectivity index (χ0n) is 20.9. The van der Waals surface area contributed by atoms with Crippen molar-refractivity contribution < 1.29 is 9.53 Å². The topological polar surface area (TPSA) is 98.9 Å². The molecule has 4 heterocycles. The lowest BCUT2D eigenvalue weighted by Crippen LogP contribution is -2.26. The third-order valence-electron chi connectivity index (χ3n) is 7.26. The minimum Gasteiger partial charge on any atom is -0.487 e. The van der Waals surface area contributed by atoms with Crippen LogP contribution < -0.4 is 15.4 Å². The molecule has 1 saturated carbocycles. The predicted octanol–water partition coefficient (Wildman–Crippen LogP) is 4.38. The molecule has 0 spiro atoms. The number of amides is 1. The highest BCUT2D eigenvalue weighted by molar-refractivity contribution is 6.00. The van der Waals surface area contributed by atoms with E-state index < -0.39 is 0 Å². The molecule has 1 aromatic carbocycles. The number of carbonyl (C=O) groups is 1. The van der Waals surface area contributed by atoms with E-state index in [4.69, 9.17) is 9.84 Å². The van der Waals surface area contributed by atoms with E-state index in [1.54, 1.807) is 4.68 Å². The Hall–Kier alpha value is -3.88. The molecular formula is C27H31N7O2. The van der Waals surface area contributed by atoms with Crippen molar-refractivity contribution in [1.29, 1.82) is 0 Å². The SMILES string of the molecule is CCNc1cc2c(cn1)c(-c1ccc3c(c1)CNC3=O)nn2[C@H]1CC[C@@H](Oc2cn(C)nc2C)CC1. The number of benzene rings is 1. The van der Waals surface area contributed by atoms with Gasteiger partial charge in [0.1, 0.15) is 17.2 Å². The first-order valence-electron chi connectivity index (χ1n) is 12.7. The van der Waals surface area contributed by atoms with Crippen molar-refractivity contribution in [2.75, 3.05) is 11.9 Å². The number of pyridine rings is 1. The fraction of sp³-hybridized carbons (Fsp3) is 0.407. The lowest BCUT2D eigenvalue weighted by Gasteiger charge is -2.29. The quantitative estimate of drug-likeness (QED) is 0.421. The summed E-state index contributed by atoms with van der Waals surface area (Å²) in [6.45, 7) is 5.42. The van der Waals surface area contributed by atoms with Gasteiger partial charge in [0.15, 0.2) is 5.75 Å². The Balaban J connectivity index is 1.31. The Labute approximate surface area is 209 Å². The number of aryl methyl sites for hydroxylation is 2. The molecule has 186 valence electrons. The Morgan fingerprint density at radius 2 is 2.00 bits per heavy atom. The fourth-order valence-electron chi connectivity index (χ4n) is 5.46. The number of rotatable bonds is 6. The molecule has 0 unspecified atom stereocenters. The van der Waals surface area contributed by atoms with Gasteiger partial charge in [-0.25, -0.2) is 4.98 Å². The van der Waals surface area contributed by atoms with Crippen LogP contribution in [-0.4, -0.2) is 43.1 Å². The van der Waals surface area contributed by atoms with Crippen LogP contribution >= 0.6 is 0 Å². The van der Waals surface area contributed by atoms with Gasteiger partial charge in [-0.2, -0.15) is 10.2 Å². The van der Waals surface area contributed by atoms with Gasteiger partial charge < -0.3 is 15.4 Å². The monoisotopic (exact) mass is 485 g/mol. The van der Waals surface area contributed by atoms with Gasteiger partial charge >= 0.3 is 0 Å². The Bertz CT molecular complexity index is 1450. The summed E-state index contributed by atoms with van der Waals surface area (Å²) in [5.74, 6) is 1.72. The number of ether oxygens (including phenoxy) is 1. The summed E-state index contributed by atoms with van der Waals surface area (Å²) in [5.41, 5.74) is 5.69. The summed E-state index contributed by atoms with van der Waals surface area (Å²) in [4.78, 5) is 16.7. The molecule has 9 heteroatoms. The van der Waals surface area contributed by atoms with E-state index in [1.165, 1.54) is 0 Å². The molecule has 0 radical (unpaired) electrons. The van der Waals surface area contributed by atoms with Crippen molar-refractivity contribution in [2.45, 2.75) is 58.2 Å². The molecule has 4 aromatic rings. The van der Waals surface area contributed by atoms with Crippen molar-refractivity contribution in [1.82, 2.24) is 29.9 Å². The van der Waals surface area contributed by atoms with Crippen LogP contribution in [0.5, 0.6) is 5.75 Å². The highest BCUT2D eigenvalue weighted by Crippen LogP contribution is 2.37. The van der Waals surface area contributed by atoms with Crippen molar-refractivity contribution >= 4 is 22.6 Å². The maximum absolute atomic E-state index is 12.0. The van der Waals surface area contributed by atoms with Crippen LogP contribution in [0, 0.1) is 6.92 Å². The van der Waals surface area contributed by atoms with Crippen LogP contribution in [0.4, 0.5) is 5.82 Å². The summed E-state index contributed by atoms with van der Waals surface area (Å²) in [5, 5.41) is 16.8. The standard InChI is InChI=1S/C27H31N7O2/c1-4-28-25-12-23-22(14-29-25)26(17-5-10-21-18(11-17)13-30-27(21)35)32-34(23)19-6-8-20(9-7-19)36-24-15-33(3)31-16(24)2/h5,10-12,14-15,19-20H,4,6-9,13H2,1-3H3,(H,28,29)(H,30,35)/t19-,20+. The molecule has 1 amide bonds. The first kappa shape index (κ1) is 22.6. The van der Waals surface area contributed by atoms with Crippen LogP contribution in [0.3, 0.4) is 0 Å². The first-order valence-corrected chi connectivity index (χ1v) is 12.7. The number of fused-ring (bicyclic) bond motifs is 2. The first-order chi connectivity index (χ1) is 17.5. The maximum atomic E-state index is 12.0. The van der Waals surface area contributed by atoms with Crippen molar-refractivity contribution in [3.8, 4) is 17.0 Å². The number of aromatic nitrogens is 5. The van der Waals surface area contributed by atoms with Crippen LogP contribution in [0.15, 0.2) is 36.7 Å². The lowest BCUT2D eigenvalue weighted by molar-refractivity contribution is 0.0965. The molecule has 6 rings (SSSR count). The Morgan fingerprint density at radius 3 is 2.75 bits per heavy atom. The molecule has 1 aliphatic carbocycles. The zero-order valence-corrected chi connectivity index (χ0v) is 20.9. The molecule has 0 bridgehead atoms. The van der Waals surface area contributed by atoms with E-state index in [0.717, 1.165) is 82.8 Å². The molecule has 0 saturated heterocycles. The van der Waals surface area contributed by atoms with Crippen molar-refractivity contribution in [3.05, 3.63) is 53.5 Å².